The van der Waals surface area contributed by atoms with Crippen LogP contribution < -0.4 is 0 Å². The van der Waals surface area contributed by atoms with Crippen molar-refractivity contribution in [3.05, 3.63) is 65.2 Å². The van der Waals surface area contributed by atoms with E-state index in [4.69, 9.17) is 0 Å². The van der Waals surface area contributed by atoms with Gasteiger partial charge in [0.15, 0.2) is 15.6 Å². The summed E-state index contributed by atoms with van der Waals surface area (Å²) in [5.74, 6) is 0.0302. The molecule has 1 saturated heterocycles. The van der Waals surface area contributed by atoms with E-state index in [0.29, 0.717) is 12.0 Å². The molecule has 2 aromatic carbocycles. The number of fused-ring (bicyclic) bond motifs is 1. The zero-order valence-corrected chi connectivity index (χ0v) is 17.4. The van der Waals surface area contributed by atoms with E-state index < -0.39 is 9.84 Å². The second-order valence-corrected chi connectivity index (χ2v) is 10.3. The number of rotatable bonds is 4. The molecule has 2 atom stereocenters. The molecule has 6 heteroatoms. The Labute approximate surface area is 172 Å². The molecule has 1 N–H and O–H groups in total. The maximum atomic E-state index is 12.9. The summed E-state index contributed by atoms with van der Waals surface area (Å²) >= 11 is 0. The minimum absolute atomic E-state index is 0.0525. The molecular formula is C23H27NO4S. The number of nitrogens with zero attached hydrogens (tertiary/aromatic N) is 1. The number of piperidine rings is 1. The van der Waals surface area contributed by atoms with Crippen molar-refractivity contribution in [1.29, 1.82) is 0 Å². The van der Waals surface area contributed by atoms with Crippen molar-refractivity contribution in [2.24, 2.45) is 5.92 Å². The van der Waals surface area contributed by atoms with E-state index in [1.807, 2.05) is 12.1 Å². The van der Waals surface area contributed by atoms with Crippen LogP contribution in [-0.4, -0.2) is 55.7 Å². The van der Waals surface area contributed by atoms with Crippen LogP contribution in [0.5, 0.6) is 0 Å². The molecule has 0 spiro atoms. The van der Waals surface area contributed by atoms with Crippen LogP contribution in [0.3, 0.4) is 0 Å². The van der Waals surface area contributed by atoms with Crippen LogP contribution in [0.1, 0.15) is 34.3 Å². The number of aliphatic hydroxyl groups excluding tert-OH is 1. The van der Waals surface area contributed by atoms with E-state index >= 15 is 0 Å². The molecule has 0 saturated carbocycles. The number of ketones is 1. The standard InChI is InChI=1S/C23H27NO4S/c1-29(27,28)20-8-6-16(7-9-20)23(26)17-10-12-24(13-11-17)21-14-18-4-2-3-5-19(18)15-22(21)25/h2-9,17,21-22,25H,10-15H2,1H3/t21?,22-/m1/s1. The summed E-state index contributed by atoms with van der Waals surface area (Å²) in [6, 6.07) is 14.7. The number of aliphatic hydroxyl groups is 1. The molecule has 2 aromatic rings. The third-order valence-corrected chi connectivity index (χ3v) is 7.49. The van der Waals surface area contributed by atoms with Crippen LogP contribution in [-0.2, 0) is 22.7 Å². The molecule has 0 amide bonds. The molecule has 1 fully saturated rings. The Morgan fingerprint density at radius 1 is 0.966 bits per heavy atom. The topological polar surface area (TPSA) is 74.7 Å². The molecular weight excluding hydrogens is 386 g/mol. The summed E-state index contributed by atoms with van der Waals surface area (Å²) in [5.41, 5.74) is 3.12. The average Bonchev–Trinajstić information content (AvgIpc) is 2.72. The molecule has 1 aliphatic heterocycles. The fourth-order valence-electron chi connectivity index (χ4n) is 4.65. The lowest BCUT2D eigenvalue weighted by Gasteiger charge is -2.41. The summed E-state index contributed by atoms with van der Waals surface area (Å²) < 4.78 is 23.2. The van der Waals surface area contributed by atoms with Crippen LogP contribution >= 0.6 is 0 Å². The maximum absolute atomic E-state index is 12.9. The van der Waals surface area contributed by atoms with Crippen LogP contribution in [0.2, 0.25) is 0 Å². The number of benzene rings is 2. The van der Waals surface area contributed by atoms with Gasteiger partial charge >= 0.3 is 0 Å². The van der Waals surface area contributed by atoms with Gasteiger partial charge in [-0.05, 0) is 55.6 Å². The number of hydrogen-bond donors (Lipinski definition) is 1. The molecule has 2 aliphatic rings. The highest BCUT2D eigenvalue weighted by molar-refractivity contribution is 7.90. The monoisotopic (exact) mass is 413 g/mol. The van der Waals surface area contributed by atoms with Crippen molar-refractivity contribution in [3.8, 4) is 0 Å². The average molecular weight is 414 g/mol. The smallest absolute Gasteiger partial charge is 0.175 e. The molecule has 0 radical (unpaired) electrons. The van der Waals surface area contributed by atoms with E-state index in [0.717, 1.165) is 38.6 Å². The lowest BCUT2D eigenvalue weighted by molar-refractivity contribution is 0.0239. The Bertz CT molecular complexity index is 992. The molecule has 1 unspecified atom stereocenters. The van der Waals surface area contributed by atoms with Gasteiger partial charge in [0.05, 0.1) is 11.0 Å². The fourth-order valence-corrected chi connectivity index (χ4v) is 5.28. The van der Waals surface area contributed by atoms with Crippen LogP contribution in [0.4, 0.5) is 0 Å². The Balaban J connectivity index is 1.39. The third kappa shape index (κ3) is 4.29. The predicted octanol–water partition coefficient (Wildman–Crippen LogP) is 2.51. The van der Waals surface area contributed by atoms with E-state index in [2.05, 4.69) is 17.0 Å². The van der Waals surface area contributed by atoms with Gasteiger partial charge in [0, 0.05) is 30.2 Å². The number of sulfone groups is 1. The molecule has 5 nitrogen and oxygen atoms in total. The lowest BCUT2D eigenvalue weighted by Crippen LogP contribution is -2.51. The third-order valence-electron chi connectivity index (χ3n) is 6.36. The number of likely N-dealkylation sites (tertiary alicyclic amines) is 1. The van der Waals surface area contributed by atoms with Crippen molar-refractivity contribution in [3.63, 3.8) is 0 Å². The van der Waals surface area contributed by atoms with Gasteiger partial charge in [0.1, 0.15) is 0 Å². The van der Waals surface area contributed by atoms with Crippen molar-refractivity contribution in [1.82, 2.24) is 4.90 Å². The Hall–Kier alpha value is -2.02. The SMILES string of the molecule is CS(=O)(=O)c1ccc(C(=O)C2CCN(C3Cc4ccccc4C[C@H]3O)CC2)cc1. The second kappa shape index (κ2) is 8.01. The zero-order chi connectivity index (χ0) is 20.6. The van der Waals surface area contributed by atoms with Crippen LogP contribution in [0.25, 0.3) is 0 Å². The van der Waals surface area contributed by atoms with Gasteiger partial charge in [-0.2, -0.15) is 0 Å². The van der Waals surface area contributed by atoms with Crippen molar-refractivity contribution in [2.75, 3.05) is 19.3 Å². The quantitative estimate of drug-likeness (QED) is 0.780. The molecule has 0 bridgehead atoms. The van der Waals surface area contributed by atoms with E-state index in [1.165, 1.54) is 23.3 Å². The van der Waals surface area contributed by atoms with Crippen molar-refractivity contribution in [2.45, 2.75) is 42.7 Å². The molecule has 1 heterocycles. The summed E-state index contributed by atoms with van der Waals surface area (Å²) in [6.45, 7) is 1.59. The second-order valence-electron chi connectivity index (χ2n) is 8.28. The van der Waals surface area contributed by atoms with E-state index in [9.17, 15) is 18.3 Å². The van der Waals surface area contributed by atoms with Gasteiger partial charge in [0.25, 0.3) is 0 Å². The van der Waals surface area contributed by atoms with Crippen molar-refractivity contribution < 1.29 is 18.3 Å². The summed E-state index contributed by atoms with van der Waals surface area (Å²) in [5, 5.41) is 10.7. The summed E-state index contributed by atoms with van der Waals surface area (Å²) in [6.07, 6.45) is 3.85. The van der Waals surface area contributed by atoms with Gasteiger partial charge in [-0.1, -0.05) is 36.4 Å². The Morgan fingerprint density at radius 3 is 2.14 bits per heavy atom. The fraction of sp³-hybridized carbons (Fsp3) is 0.435. The summed E-state index contributed by atoms with van der Waals surface area (Å²) in [7, 11) is -3.26. The predicted molar refractivity (Wildman–Crippen MR) is 112 cm³/mol. The first-order chi connectivity index (χ1) is 13.8. The zero-order valence-electron chi connectivity index (χ0n) is 16.6. The van der Waals surface area contributed by atoms with Gasteiger partial charge < -0.3 is 5.11 Å². The highest BCUT2D eigenvalue weighted by Gasteiger charge is 2.35. The number of carbonyl (C=O) groups excluding carboxylic acids is 1. The minimum atomic E-state index is -3.26. The lowest BCUT2D eigenvalue weighted by atomic mass is 9.83. The molecule has 0 aromatic heterocycles. The van der Waals surface area contributed by atoms with Crippen LogP contribution in [0.15, 0.2) is 53.4 Å². The number of carbonyl (C=O) groups is 1. The Kier molecular flexibility index (Phi) is 5.60. The van der Waals surface area contributed by atoms with Gasteiger partial charge in [-0.25, -0.2) is 8.42 Å². The highest BCUT2D eigenvalue weighted by Crippen LogP contribution is 2.29. The van der Waals surface area contributed by atoms with E-state index in [-0.39, 0.29) is 28.7 Å². The molecule has 29 heavy (non-hydrogen) atoms. The molecule has 154 valence electrons. The highest BCUT2D eigenvalue weighted by atomic mass is 32.2. The normalized spacial score (nSPS) is 23.5. The molecule has 4 rings (SSSR count). The summed E-state index contributed by atoms with van der Waals surface area (Å²) in [4.78, 5) is 15.4. The van der Waals surface area contributed by atoms with Gasteiger partial charge in [-0.15, -0.1) is 0 Å². The maximum Gasteiger partial charge on any atom is 0.175 e. The van der Waals surface area contributed by atoms with Crippen LogP contribution in [0, 0.1) is 5.92 Å². The first-order valence-corrected chi connectivity index (χ1v) is 12.1. The van der Waals surface area contributed by atoms with Gasteiger partial charge in [-0.3, -0.25) is 9.69 Å². The first-order valence-electron chi connectivity index (χ1n) is 10.2. The largest absolute Gasteiger partial charge is 0.391 e. The van der Waals surface area contributed by atoms with Gasteiger partial charge in [0.2, 0.25) is 0 Å². The number of Topliss-reactive ketones (excluding diaryl/α,β-unsaturated/α-hetero) is 1. The number of hydrogen-bond acceptors (Lipinski definition) is 5. The Morgan fingerprint density at radius 2 is 1.55 bits per heavy atom. The molecule has 1 aliphatic carbocycles. The van der Waals surface area contributed by atoms with E-state index in [1.54, 1.807) is 12.1 Å². The van der Waals surface area contributed by atoms with Crippen molar-refractivity contribution >= 4 is 15.6 Å². The first kappa shape index (κ1) is 20.3. The minimum Gasteiger partial charge on any atom is -0.391 e.